The number of benzene rings is 3. The number of ether oxygens (including phenoxy) is 1. The fourth-order valence-corrected chi connectivity index (χ4v) is 4.80. The van der Waals surface area contributed by atoms with Gasteiger partial charge in [0.15, 0.2) is 0 Å². The molecule has 0 atom stereocenters. The molecule has 3 aromatic carbocycles. The summed E-state index contributed by atoms with van der Waals surface area (Å²) in [5.74, 6) is 0.182. The molecular formula is C29H33FN2O2. The second kappa shape index (κ2) is 11.0. The smallest absolute Gasteiger partial charge is 0.132 e. The Bertz CT molecular complexity index is 1200. The maximum Gasteiger partial charge on any atom is 0.132 e. The summed E-state index contributed by atoms with van der Waals surface area (Å²) in [6, 6.07) is 16.2. The van der Waals surface area contributed by atoms with Gasteiger partial charge >= 0.3 is 0 Å². The predicted molar refractivity (Wildman–Crippen MR) is 138 cm³/mol. The lowest BCUT2D eigenvalue weighted by molar-refractivity contribution is 0.291. The summed E-state index contributed by atoms with van der Waals surface area (Å²) in [6.45, 7) is 6.90. The van der Waals surface area contributed by atoms with Crippen molar-refractivity contribution < 1.29 is 14.2 Å². The molecule has 1 heterocycles. The summed E-state index contributed by atoms with van der Waals surface area (Å²) in [5.41, 5.74) is 9.66. The monoisotopic (exact) mass is 460 g/mol. The van der Waals surface area contributed by atoms with Crippen LogP contribution in [0.2, 0.25) is 0 Å². The van der Waals surface area contributed by atoms with E-state index in [1.165, 1.54) is 22.3 Å². The zero-order valence-corrected chi connectivity index (χ0v) is 20.2. The van der Waals surface area contributed by atoms with Crippen LogP contribution in [0.1, 0.15) is 28.7 Å². The van der Waals surface area contributed by atoms with E-state index in [-0.39, 0.29) is 12.4 Å². The standard InChI is InChI=1S/C29H33FN2O2/c1-19-23(21-10-12-31-13-11-21)6-4-8-25(19)26-9-5-7-24(20(26)2)22-16-28(30)27(18-32-14-15-33)29(17-22)34-3/h4-10,16-17,31-33H,11-15,18H2,1-3H3. The first-order valence-corrected chi connectivity index (χ1v) is 11.8. The summed E-state index contributed by atoms with van der Waals surface area (Å²) in [6.07, 6.45) is 3.31. The number of halogens is 1. The Labute approximate surface area is 201 Å². The van der Waals surface area contributed by atoms with Gasteiger partial charge in [0.05, 0.1) is 13.7 Å². The Morgan fingerprint density at radius 1 is 1.00 bits per heavy atom. The number of hydrogen-bond donors (Lipinski definition) is 3. The molecule has 0 saturated heterocycles. The molecule has 178 valence electrons. The lowest BCUT2D eigenvalue weighted by Gasteiger charge is -2.20. The van der Waals surface area contributed by atoms with Gasteiger partial charge in [-0.15, -0.1) is 0 Å². The third-order valence-corrected chi connectivity index (χ3v) is 6.64. The highest BCUT2D eigenvalue weighted by Gasteiger charge is 2.17. The minimum Gasteiger partial charge on any atom is -0.496 e. The van der Waals surface area contributed by atoms with E-state index in [4.69, 9.17) is 9.84 Å². The van der Waals surface area contributed by atoms with Crippen molar-refractivity contribution in [3.8, 4) is 28.0 Å². The minimum absolute atomic E-state index is 0.00277. The Morgan fingerprint density at radius 2 is 1.68 bits per heavy atom. The van der Waals surface area contributed by atoms with E-state index < -0.39 is 0 Å². The van der Waals surface area contributed by atoms with Crippen molar-refractivity contribution >= 4 is 5.57 Å². The van der Waals surface area contributed by atoms with Crippen molar-refractivity contribution in [1.82, 2.24) is 10.6 Å². The Kier molecular flexibility index (Phi) is 7.78. The van der Waals surface area contributed by atoms with Crippen LogP contribution in [0.5, 0.6) is 5.75 Å². The fraction of sp³-hybridized carbons (Fsp3) is 0.310. The first-order chi connectivity index (χ1) is 16.5. The average molecular weight is 461 g/mol. The highest BCUT2D eigenvalue weighted by molar-refractivity contribution is 5.83. The van der Waals surface area contributed by atoms with Crippen LogP contribution in [-0.4, -0.2) is 38.5 Å². The van der Waals surface area contributed by atoms with E-state index in [9.17, 15) is 0 Å². The molecule has 1 aliphatic heterocycles. The van der Waals surface area contributed by atoms with Crippen molar-refractivity contribution in [2.75, 3.05) is 33.4 Å². The molecule has 0 aromatic heterocycles. The minimum atomic E-state index is -0.319. The molecule has 0 aliphatic carbocycles. The first-order valence-electron chi connectivity index (χ1n) is 11.8. The molecule has 0 spiro atoms. The summed E-state index contributed by atoms with van der Waals surface area (Å²) >= 11 is 0. The van der Waals surface area contributed by atoms with Crippen LogP contribution in [0.15, 0.2) is 54.6 Å². The molecule has 0 saturated carbocycles. The zero-order valence-electron chi connectivity index (χ0n) is 20.2. The van der Waals surface area contributed by atoms with Crippen LogP contribution >= 0.6 is 0 Å². The molecular weight excluding hydrogens is 427 g/mol. The van der Waals surface area contributed by atoms with Gasteiger partial charge in [-0.1, -0.05) is 42.5 Å². The van der Waals surface area contributed by atoms with Gasteiger partial charge in [0.1, 0.15) is 11.6 Å². The SMILES string of the molecule is COc1cc(-c2cccc(-c3cccc(C4=CCNCC4)c3C)c2C)cc(F)c1CNCCO. The van der Waals surface area contributed by atoms with Crippen molar-refractivity contribution in [2.24, 2.45) is 0 Å². The van der Waals surface area contributed by atoms with E-state index in [0.29, 0.717) is 24.4 Å². The fourth-order valence-electron chi connectivity index (χ4n) is 4.80. The van der Waals surface area contributed by atoms with Crippen LogP contribution in [0.25, 0.3) is 27.8 Å². The van der Waals surface area contributed by atoms with E-state index >= 15 is 4.39 Å². The predicted octanol–water partition coefficient (Wildman–Crippen LogP) is 5.24. The van der Waals surface area contributed by atoms with Crippen molar-refractivity contribution in [3.05, 3.63) is 82.7 Å². The molecule has 34 heavy (non-hydrogen) atoms. The van der Waals surface area contributed by atoms with Crippen molar-refractivity contribution in [1.29, 1.82) is 0 Å². The quantitative estimate of drug-likeness (QED) is 0.402. The van der Waals surface area contributed by atoms with Crippen LogP contribution in [-0.2, 0) is 6.54 Å². The Balaban J connectivity index is 1.75. The number of methoxy groups -OCH3 is 1. The molecule has 0 fully saturated rings. The number of rotatable bonds is 8. The van der Waals surface area contributed by atoms with Gasteiger partial charge in [0, 0.05) is 25.2 Å². The van der Waals surface area contributed by atoms with Crippen molar-refractivity contribution in [3.63, 3.8) is 0 Å². The van der Waals surface area contributed by atoms with Gasteiger partial charge in [0.25, 0.3) is 0 Å². The number of aliphatic hydroxyl groups is 1. The maximum atomic E-state index is 15.1. The number of hydrogen-bond acceptors (Lipinski definition) is 4. The van der Waals surface area contributed by atoms with E-state index in [0.717, 1.165) is 41.8 Å². The van der Waals surface area contributed by atoms with Crippen LogP contribution in [0.4, 0.5) is 4.39 Å². The van der Waals surface area contributed by atoms with Crippen LogP contribution in [0.3, 0.4) is 0 Å². The van der Waals surface area contributed by atoms with E-state index in [2.05, 4.69) is 54.8 Å². The van der Waals surface area contributed by atoms with Gasteiger partial charge < -0.3 is 20.5 Å². The molecule has 3 aromatic rings. The summed E-state index contributed by atoms with van der Waals surface area (Å²) in [4.78, 5) is 0. The van der Waals surface area contributed by atoms with E-state index in [1.54, 1.807) is 13.2 Å². The number of aliphatic hydroxyl groups excluding tert-OH is 1. The molecule has 3 N–H and O–H groups in total. The first kappa shape index (κ1) is 24.1. The zero-order chi connectivity index (χ0) is 24.1. The number of nitrogens with one attached hydrogen (secondary N) is 2. The molecule has 5 heteroatoms. The van der Waals surface area contributed by atoms with Crippen molar-refractivity contribution in [2.45, 2.75) is 26.8 Å². The molecule has 0 unspecified atom stereocenters. The summed E-state index contributed by atoms with van der Waals surface area (Å²) in [7, 11) is 1.56. The van der Waals surface area contributed by atoms with Gasteiger partial charge in [0.2, 0.25) is 0 Å². The normalized spacial score (nSPS) is 13.6. The molecule has 4 rings (SSSR count). The topological polar surface area (TPSA) is 53.5 Å². The highest BCUT2D eigenvalue weighted by Crippen LogP contribution is 2.38. The Hall–Kier alpha value is -2.99. The van der Waals surface area contributed by atoms with Crippen LogP contribution < -0.4 is 15.4 Å². The third kappa shape index (κ3) is 4.92. The maximum absolute atomic E-state index is 15.1. The second-order valence-electron chi connectivity index (χ2n) is 8.68. The third-order valence-electron chi connectivity index (χ3n) is 6.64. The van der Waals surface area contributed by atoms with Crippen LogP contribution in [0, 0.1) is 19.7 Å². The largest absolute Gasteiger partial charge is 0.496 e. The lowest BCUT2D eigenvalue weighted by atomic mass is 9.87. The summed E-state index contributed by atoms with van der Waals surface area (Å²) < 4.78 is 20.6. The molecule has 0 bridgehead atoms. The Morgan fingerprint density at radius 3 is 2.32 bits per heavy atom. The van der Waals surface area contributed by atoms with Gasteiger partial charge in [-0.2, -0.15) is 0 Å². The lowest BCUT2D eigenvalue weighted by Crippen LogP contribution is -2.20. The molecule has 0 amide bonds. The van der Waals surface area contributed by atoms with Gasteiger partial charge in [-0.3, -0.25) is 0 Å². The van der Waals surface area contributed by atoms with Gasteiger partial charge in [-0.25, -0.2) is 4.39 Å². The van der Waals surface area contributed by atoms with Gasteiger partial charge in [-0.05, 0) is 83.5 Å². The van der Waals surface area contributed by atoms with E-state index in [1.807, 2.05) is 18.2 Å². The average Bonchev–Trinajstić information content (AvgIpc) is 2.86. The highest BCUT2D eigenvalue weighted by atomic mass is 19.1. The molecule has 4 nitrogen and oxygen atoms in total. The summed E-state index contributed by atoms with van der Waals surface area (Å²) in [5, 5.41) is 15.4. The molecule has 0 radical (unpaired) electrons. The second-order valence-corrected chi connectivity index (χ2v) is 8.68. The molecule has 1 aliphatic rings.